The maximum Gasteiger partial charge on any atom is 0.136 e. The van der Waals surface area contributed by atoms with Gasteiger partial charge in [0.25, 0.3) is 0 Å². The molecule has 0 bridgehead atoms. The molecule has 0 saturated carbocycles. The largest absolute Gasteiger partial charge is 0.548 e. The molecule has 0 spiro atoms. The third-order valence-electron chi connectivity index (χ3n) is 1.16. The predicted octanol–water partition coefficient (Wildman–Crippen LogP) is -0.930. The van der Waals surface area contributed by atoms with E-state index in [1.807, 2.05) is 0 Å². The van der Waals surface area contributed by atoms with Crippen molar-refractivity contribution in [1.29, 1.82) is 0 Å². The van der Waals surface area contributed by atoms with Crippen LogP contribution in [0.4, 0.5) is 0 Å². The number of thioether (sulfide) groups is 1. The van der Waals surface area contributed by atoms with E-state index in [1.54, 1.807) is 4.90 Å². The number of rotatable bonds is 2. The molecule has 10 heavy (non-hydrogen) atoms. The number of carbonyl (C=O) groups is 1. The Morgan fingerprint density at radius 2 is 2.60 bits per heavy atom. The zero-order valence-corrected chi connectivity index (χ0v) is 6.83. The molecule has 0 aromatic carbocycles. The summed E-state index contributed by atoms with van der Waals surface area (Å²) < 4.78 is 0.671. The maximum atomic E-state index is 10.1. The second kappa shape index (κ2) is 3.21. The second-order valence-corrected chi connectivity index (χ2v) is 3.64. The molecule has 1 heterocycles. The Bertz CT molecular complexity index is 171. The van der Waals surface area contributed by atoms with Crippen LogP contribution < -0.4 is 5.11 Å². The number of hydrogen-bond donors (Lipinski definition) is 0. The molecule has 5 heteroatoms. The van der Waals surface area contributed by atoms with Gasteiger partial charge in [0.15, 0.2) is 0 Å². The van der Waals surface area contributed by atoms with E-state index in [0.717, 1.165) is 12.3 Å². The van der Waals surface area contributed by atoms with Gasteiger partial charge < -0.3 is 14.8 Å². The minimum Gasteiger partial charge on any atom is -0.548 e. The van der Waals surface area contributed by atoms with E-state index in [4.69, 9.17) is 12.2 Å². The first-order valence-corrected chi connectivity index (χ1v) is 4.21. The smallest absolute Gasteiger partial charge is 0.136 e. The van der Waals surface area contributed by atoms with Crippen LogP contribution in [-0.2, 0) is 4.79 Å². The number of nitrogens with zero attached hydrogens (tertiary/aromatic N) is 1. The van der Waals surface area contributed by atoms with Crippen LogP contribution >= 0.6 is 24.0 Å². The molecule has 0 atom stereocenters. The van der Waals surface area contributed by atoms with Crippen molar-refractivity contribution < 1.29 is 9.90 Å². The Labute approximate surface area is 68.4 Å². The third kappa shape index (κ3) is 1.85. The fourth-order valence-corrected chi connectivity index (χ4v) is 1.96. The first kappa shape index (κ1) is 7.81. The Balaban J connectivity index is 2.40. The van der Waals surface area contributed by atoms with Gasteiger partial charge in [-0.2, -0.15) is 0 Å². The summed E-state index contributed by atoms with van der Waals surface area (Å²) in [5.74, 6) is -0.170. The van der Waals surface area contributed by atoms with E-state index in [9.17, 15) is 9.90 Å². The summed E-state index contributed by atoms with van der Waals surface area (Å²) in [5, 5.41) is 10.1. The van der Waals surface area contributed by atoms with Crippen LogP contribution in [0.25, 0.3) is 0 Å². The number of thiocarbonyl (C=S) groups is 1. The molecular weight excluding hydrogens is 170 g/mol. The van der Waals surface area contributed by atoms with E-state index in [-0.39, 0.29) is 6.54 Å². The molecular formula is C5H6NO2S2-. The number of carboxylic acid groups (broad SMARTS) is 1. The number of carboxylic acids is 1. The molecule has 0 aliphatic carbocycles. The van der Waals surface area contributed by atoms with Gasteiger partial charge in [-0.1, -0.05) is 24.0 Å². The minimum atomic E-state index is -1.06. The first-order chi connectivity index (χ1) is 4.70. The quantitative estimate of drug-likeness (QED) is 0.509. The SMILES string of the molecule is O=C([O-])CN1CCSC1=S. The van der Waals surface area contributed by atoms with Gasteiger partial charge in [-0.05, 0) is 0 Å². The summed E-state index contributed by atoms with van der Waals surface area (Å²) in [6, 6.07) is 0. The number of aliphatic carboxylic acids is 1. The Morgan fingerprint density at radius 1 is 1.90 bits per heavy atom. The van der Waals surface area contributed by atoms with Crippen LogP contribution in [0.15, 0.2) is 0 Å². The van der Waals surface area contributed by atoms with Crippen LogP contribution in [0.5, 0.6) is 0 Å². The summed E-state index contributed by atoms with van der Waals surface area (Å²) in [6.07, 6.45) is 0. The highest BCUT2D eigenvalue weighted by Gasteiger charge is 2.16. The van der Waals surface area contributed by atoms with Crippen molar-refractivity contribution in [3.05, 3.63) is 0 Å². The van der Waals surface area contributed by atoms with Gasteiger partial charge >= 0.3 is 0 Å². The molecule has 1 aliphatic rings. The molecule has 0 amide bonds. The highest BCUT2D eigenvalue weighted by atomic mass is 32.2. The molecule has 0 aromatic rings. The molecule has 0 aromatic heterocycles. The lowest BCUT2D eigenvalue weighted by molar-refractivity contribution is -0.305. The van der Waals surface area contributed by atoms with Crippen molar-refractivity contribution in [2.75, 3.05) is 18.8 Å². The van der Waals surface area contributed by atoms with Crippen molar-refractivity contribution in [1.82, 2.24) is 4.90 Å². The van der Waals surface area contributed by atoms with Crippen LogP contribution in [0.2, 0.25) is 0 Å². The van der Waals surface area contributed by atoms with Crippen molar-refractivity contribution >= 4 is 34.3 Å². The van der Waals surface area contributed by atoms with Crippen molar-refractivity contribution in [2.24, 2.45) is 0 Å². The van der Waals surface area contributed by atoms with Crippen molar-refractivity contribution in [3.63, 3.8) is 0 Å². The van der Waals surface area contributed by atoms with E-state index < -0.39 is 5.97 Å². The minimum absolute atomic E-state index is 0.0637. The molecule has 56 valence electrons. The first-order valence-electron chi connectivity index (χ1n) is 2.81. The van der Waals surface area contributed by atoms with Gasteiger partial charge in [-0.25, -0.2) is 0 Å². The molecule has 0 unspecified atom stereocenters. The van der Waals surface area contributed by atoms with Gasteiger partial charge in [0.2, 0.25) is 0 Å². The molecule has 1 aliphatic heterocycles. The Morgan fingerprint density at radius 3 is 3.00 bits per heavy atom. The van der Waals surface area contributed by atoms with Crippen molar-refractivity contribution in [3.8, 4) is 0 Å². The monoisotopic (exact) mass is 176 g/mol. The average molecular weight is 176 g/mol. The van der Waals surface area contributed by atoms with Gasteiger partial charge in [-0.15, -0.1) is 0 Å². The van der Waals surface area contributed by atoms with Crippen LogP contribution in [-0.4, -0.2) is 34.0 Å². The summed E-state index contributed by atoms with van der Waals surface area (Å²) in [7, 11) is 0. The summed E-state index contributed by atoms with van der Waals surface area (Å²) >= 11 is 6.37. The van der Waals surface area contributed by atoms with E-state index >= 15 is 0 Å². The van der Waals surface area contributed by atoms with E-state index in [2.05, 4.69) is 0 Å². The highest BCUT2D eigenvalue weighted by Crippen LogP contribution is 2.16. The van der Waals surface area contributed by atoms with Crippen LogP contribution in [0.1, 0.15) is 0 Å². The lowest BCUT2D eigenvalue weighted by Crippen LogP contribution is -2.37. The van der Waals surface area contributed by atoms with Gasteiger partial charge in [0, 0.05) is 12.3 Å². The average Bonchev–Trinajstić information content (AvgIpc) is 2.15. The zero-order valence-electron chi connectivity index (χ0n) is 5.20. The zero-order chi connectivity index (χ0) is 7.56. The highest BCUT2D eigenvalue weighted by molar-refractivity contribution is 8.23. The predicted molar refractivity (Wildman–Crippen MR) is 41.6 cm³/mol. The lowest BCUT2D eigenvalue weighted by atomic mass is 10.5. The van der Waals surface area contributed by atoms with Gasteiger partial charge in [-0.3, -0.25) is 0 Å². The molecule has 0 N–H and O–H groups in total. The van der Waals surface area contributed by atoms with E-state index in [0.29, 0.717) is 4.32 Å². The number of carbonyl (C=O) groups excluding carboxylic acids is 1. The summed E-state index contributed by atoms with van der Waals surface area (Å²) in [5.41, 5.74) is 0. The van der Waals surface area contributed by atoms with E-state index in [1.165, 1.54) is 11.8 Å². The normalized spacial score (nSPS) is 18.0. The molecule has 0 radical (unpaired) electrons. The van der Waals surface area contributed by atoms with Crippen molar-refractivity contribution in [2.45, 2.75) is 0 Å². The van der Waals surface area contributed by atoms with Crippen LogP contribution in [0.3, 0.4) is 0 Å². The molecule has 1 rings (SSSR count). The summed E-state index contributed by atoms with van der Waals surface area (Å²) in [4.78, 5) is 11.7. The standard InChI is InChI=1S/C5H7NO2S2/c7-4(8)3-6-1-2-10-5(6)9/h1-3H2,(H,7,8)/p-1. The van der Waals surface area contributed by atoms with Crippen LogP contribution in [0, 0.1) is 0 Å². The summed E-state index contributed by atoms with van der Waals surface area (Å²) in [6.45, 7) is 0.670. The fourth-order valence-electron chi connectivity index (χ4n) is 0.725. The molecule has 1 fully saturated rings. The Kier molecular flexibility index (Phi) is 2.50. The van der Waals surface area contributed by atoms with Gasteiger partial charge in [0.05, 0.1) is 12.5 Å². The molecule has 3 nitrogen and oxygen atoms in total. The Hall–Kier alpha value is -0.290. The third-order valence-corrected chi connectivity index (χ3v) is 2.67. The maximum absolute atomic E-state index is 10.1. The fraction of sp³-hybridized carbons (Fsp3) is 0.600. The number of hydrogen-bond acceptors (Lipinski definition) is 4. The second-order valence-electron chi connectivity index (χ2n) is 1.91. The lowest BCUT2D eigenvalue weighted by Gasteiger charge is -2.16. The van der Waals surface area contributed by atoms with Gasteiger partial charge in [0.1, 0.15) is 4.32 Å². The topological polar surface area (TPSA) is 43.4 Å². The molecule has 1 saturated heterocycles.